The van der Waals surface area contributed by atoms with Gasteiger partial charge in [-0.1, -0.05) is 11.3 Å². The molecule has 5 rings (SSSR count). The van der Waals surface area contributed by atoms with Gasteiger partial charge >= 0.3 is 0 Å². The number of anilines is 2. The van der Waals surface area contributed by atoms with Crippen molar-refractivity contribution < 1.29 is 17.9 Å². The fourth-order valence-corrected chi connectivity index (χ4v) is 6.31. The third kappa shape index (κ3) is 3.34. The molecule has 2 aromatic carbocycles. The minimum Gasteiger partial charge on any atom is -0.497 e. The topological polar surface area (TPSA) is 101 Å². The molecule has 0 atom stereocenters. The van der Waals surface area contributed by atoms with Crippen molar-refractivity contribution in [3.63, 3.8) is 0 Å². The van der Waals surface area contributed by atoms with E-state index in [4.69, 9.17) is 4.74 Å². The van der Waals surface area contributed by atoms with E-state index in [1.54, 1.807) is 19.2 Å². The number of methoxy groups -OCH3 is 1. The van der Waals surface area contributed by atoms with Crippen LogP contribution < -0.4 is 15.0 Å². The fourth-order valence-electron chi connectivity index (χ4n) is 3.13. The highest BCUT2D eigenvalue weighted by atomic mass is 32.2. The molecule has 0 fully saturated rings. The number of benzene rings is 2. The van der Waals surface area contributed by atoms with Crippen LogP contribution in [0.1, 0.15) is 10.4 Å². The Labute approximate surface area is 174 Å². The van der Waals surface area contributed by atoms with Gasteiger partial charge in [0.2, 0.25) is 0 Å². The van der Waals surface area contributed by atoms with E-state index >= 15 is 0 Å². The summed E-state index contributed by atoms with van der Waals surface area (Å²) in [7, 11) is -1.81. The van der Waals surface area contributed by atoms with Gasteiger partial charge in [-0.3, -0.25) is 10.1 Å². The maximum absolute atomic E-state index is 12.7. The Bertz CT molecular complexity index is 1300. The zero-order valence-corrected chi connectivity index (χ0v) is 17.5. The van der Waals surface area contributed by atoms with E-state index in [1.807, 2.05) is 29.2 Å². The summed E-state index contributed by atoms with van der Waals surface area (Å²) < 4.78 is 33.4. The number of thioether (sulfide) groups is 1. The van der Waals surface area contributed by atoms with E-state index in [2.05, 4.69) is 14.7 Å². The van der Waals surface area contributed by atoms with E-state index in [0.717, 1.165) is 26.5 Å². The summed E-state index contributed by atoms with van der Waals surface area (Å²) in [5.74, 6) is 0.441. The van der Waals surface area contributed by atoms with Gasteiger partial charge in [-0.15, -0.1) is 4.40 Å². The highest BCUT2D eigenvalue weighted by Crippen LogP contribution is 2.42. The second-order valence-corrected chi connectivity index (χ2v) is 10.2. The van der Waals surface area contributed by atoms with Gasteiger partial charge in [-0.05, 0) is 48.2 Å². The van der Waals surface area contributed by atoms with Crippen molar-refractivity contribution in [3.05, 3.63) is 42.0 Å². The third-order valence-electron chi connectivity index (χ3n) is 4.55. The Hall–Kier alpha value is -2.63. The number of carbonyl (C=O) groups excluding carboxylic acids is 1. The molecule has 0 saturated carbocycles. The monoisotopic (exact) mass is 446 g/mol. The Morgan fingerprint density at radius 1 is 1.24 bits per heavy atom. The summed E-state index contributed by atoms with van der Waals surface area (Å²) in [6.45, 7) is 0.363. The van der Waals surface area contributed by atoms with Gasteiger partial charge in [0.15, 0.2) is 10.3 Å². The molecule has 0 aliphatic carbocycles. The zero-order chi connectivity index (χ0) is 20.2. The van der Waals surface area contributed by atoms with Crippen LogP contribution in [0.5, 0.6) is 5.75 Å². The van der Waals surface area contributed by atoms with E-state index < -0.39 is 10.0 Å². The van der Waals surface area contributed by atoms with Crippen LogP contribution in [0.2, 0.25) is 0 Å². The van der Waals surface area contributed by atoms with Crippen molar-refractivity contribution in [2.75, 3.05) is 29.6 Å². The largest absolute Gasteiger partial charge is 0.497 e. The summed E-state index contributed by atoms with van der Waals surface area (Å²) in [6.07, 6.45) is 0. The predicted octanol–water partition coefficient (Wildman–Crippen LogP) is 3.17. The lowest BCUT2D eigenvalue weighted by molar-refractivity contribution is 0.102. The SMILES string of the molecule is COc1ccc2nc(NC(=O)c3ccc4c(c3)SC3=NS(=O)(=O)CCN34)sc2c1. The molecule has 3 aromatic rings. The molecule has 0 spiro atoms. The summed E-state index contributed by atoms with van der Waals surface area (Å²) in [5.41, 5.74) is 2.12. The van der Waals surface area contributed by atoms with Crippen LogP contribution in [0.4, 0.5) is 10.8 Å². The minimum atomic E-state index is -3.41. The minimum absolute atomic E-state index is 0.0128. The molecule has 3 heterocycles. The van der Waals surface area contributed by atoms with E-state index in [9.17, 15) is 13.2 Å². The summed E-state index contributed by atoms with van der Waals surface area (Å²) in [5, 5.41) is 3.76. The third-order valence-corrected chi connectivity index (χ3v) is 7.79. The lowest BCUT2D eigenvalue weighted by Crippen LogP contribution is -2.35. The highest BCUT2D eigenvalue weighted by Gasteiger charge is 2.33. The average Bonchev–Trinajstić information content (AvgIpc) is 3.25. The molecular weight excluding hydrogens is 432 g/mol. The van der Waals surface area contributed by atoms with Crippen LogP contribution in [-0.4, -0.2) is 43.9 Å². The van der Waals surface area contributed by atoms with Crippen molar-refractivity contribution in [1.29, 1.82) is 0 Å². The van der Waals surface area contributed by atoms with Crippen LogP contribution in [0.15, 0.2) is 45.7 Å². The lowest BCUT2D eigenvalue weighted by Gasteiger charge is -2.22. The zero-order valence-electron chi connectivity index (χ0n) is 15.1. The first-order valence-electron chi connectivity index (χ1n) is 8.60. The molecule has 8 nitrogen and oxygen atoms in total. The highest BCUT2D eigenvalue weighted by molar-refractivity contribution is 8.15. The molecule has 1 amide bonds. The van der Waals surface area contributed by atoms with Gasteiger partial charge in [0.25, 0.3) is 15.9 Å². The maximum atomic E-state index is 12.7. The number of thiazole rings is 1. The number of hydrogen-bond donors (Lipinski definition) is 1. The number of hydrogen-bond acceptors (Lipinski definition) is 8. The van der Waals surface area contributed by atoms with Crippen LogP contribution in [0.25, 0.3) is 10.2 Å². The van der Waals surface area contributed by atoms with E-state index in [1.165, 1.54) is 23.1 Å². The van der Waals surface area contributed by atoms with Crippen molar-refractivity contribution in [1.82, 2.24) is 4.98 Å². The van der Waals surface area contributed by atoms with E-state index in [0.29, 0.717) is 22.4 Å². The molecule has 0 saturated heterocycles. The normalized spacial score (nSPS) is 16.9. The Balaban J connectivity index is 1.40. The van der Waals surface area contributed by atoms with Crippen LogP contribution in [0, 0.1) is 0 Å². The van der Waals surface area contributed by atoms with Gasteiger partial charge in [0.1, 0.15) is 5.75 Å². The van der Waals surface area contributed by atoms with Crippen molar-refractivity contribution in [3.8, 4) is 5.75 Å². The summed E-state index contributed by atoms with van der Waals surface area (Å²) in [6, 6.07) is 10.8. The van der Waals surface area contributed by atoms with E-state index in [-0.39, 0.29) is 11.7 Å². The van der Waals surface area contributed by atoms with Crippen molar-refractivity contribution in [2.45, 2.75) is 4.90 Å². The molecule has 1 aromatic heterocycles. The molecule has 1 N–H and O–H groups in total. The standard InChI is InChI=1S/C18H14N4O4S3/c1-26-11-3-4-12-14(9-11)27-17(19-12)20-16(23)10-2-5-13-15(8-10)28-18-21-29(24,25)7-6-22(13)18/h2-5,8-9H,6-7H2,1H3,(H,19,20,23). The number of ether oxygens (including phenoxy) is 1. The summed E-state index contributed by atoms with van der Waals surface area (Å²) >= 11 is 2.63. The molecule has 148 valence electrons. The molecule has 0 radical (unpaired) electrons. The first-order valence-corrected chi connectivity index (χ1v) is 11.8. The molecule has 2 aliphatic rings. The Morgan fingerprint density at radius 3 is 2.93 bits per heavy atom. The van der Waals surface area contributed by atoms with Crippen LogP contribution in [-0.2, 0) is 10.0 Å². The summed E-state index contributed by atoms with van der Waals surface area (Å²) in [4.78, 5) is 19.8. The van der Waals surface area contributed by atoms with Gasteiger partial charge in [-0.2, -0.15) is 0 Å². The number of nitrogens with zero attached hydrogens (tertiary/aromatic N) is 3. The van der Waals surface area contributed by atoms with Crippen LogP contribution >= 0.6 is 23.1 Å². The molecule has 29 heavy (non-hydrogen) atoms. The number of carbonyl (C=O) groups is 1. The number of nitrogens with one attached hydrogen (secondary N) is 1. The first kappa shape index (κ1) is 18.4. The number of amidine groups is 1. The Kier molecular flexibility index (Phi) is 4.26. The number of amides is 1. The molecule has 2 aliphatic heterocycles. The molecule has 11 heteroatoms. The average molecular weight is 447 g/mol. The number of rotatable bonds is 3. The number of fused-ring (bicyclic) bond motifs is 4. The first-order chi connectivity index (χ1) is 13.9. The van der Waals surface area contributed by atoms with Gasteiger partial charge in [-0.25, -0.2) is 13.4 Å². The quantitative estimate of drug-likeness (QED) is 0.659. The molecule has 0 bridgehead atoms. The van der Waals surface area contributed by atoms with Gasteiger partial charge < -0.3 is 9.64 Å². The molecule has 0 unspecified atom stereocenters. The number of aromatic nitrogens is 1. The second kappa shape index (κ2) is 6.71. The van der Waals surface area contributed by atoms with Crippen LogP contribution in [0.3, 0.4) is 0 Å². The smallest absolute Gasteiger partial charge is 0.257 e. The Morgan fingerprint density at radius 2 is 2.10 bits per heavy atom. The fraction of sp³-hybridized carbons (Fsp3) is 0.167. The van der Waals surface area contributed by atoms with Gasteiger partial charge in [0, 0.05) is 17.0 Å². The second-order valence-electron chi connectivity index (χ2n) is 6.40. The maximum Gasteiger partial charge on any atom is 0.257 e. The van der Waals surface area contributed by atoms with Crippen molar-refractivity contribution in [2.24, 2.45) is 4.40 Å². The van der Waals surface area contributed by atoms with Gasteiger partial charge in [0.05, 0.1) is 28.8 Å². The lowest BCUT2D eigenvalue weighted by atomic mass is 10.2. The van der Waals surface area contributed by atoms with Crippen molar-refractivity contribution >= 4 is 65.2 Å². The molecular formula is C18H14N4O4S3. The number of sulfonamides is 1. The predicted molar refractivity (Wildman–Crippen MR) is 115 cm³/mol.